The highest BCUT2D eigenvalue weighted by Gasteiger charge is 2.61. The largest absolute Gasteiger partial charge is 0.482 e. The van der Waals surface area contributed by atoms with E-state index in [4.69, 9.17) is 4.74 Å². The molecule has 0 spiro atoms. The highest BCUT2D eigenvalue weighted by Crippen LogP contribution is 2.56. The Morgan fingerprint density at radius 2 is 1.63 bits per heavy atom. The molecule has 3 aliphatic rings. The number of ketones is 1. The lowest BCUT2D eigenvalue weighted by Gasteiger charge is -2.19. The van der Waals surface area contributed by atoms with Crippen molar-refractivity contribution in [2.24, 2.45) is 23.7 Å². The number of carbonyl (C=O) groups is 3. The van der Waals surface area contributed by atoms with E-state index in [9.17, 15) is 14.4 Å². The van der Waals surface area contributed by atoms with Gasteiger partial charge in [-0.25, -0.2) is 4.90 Å². The molecule has 1 saturated heterocycles. The molecule has 2 aliphatic carbocycles. The predicted octanol–water partition coefficient (Wildman–Crippen LogP) is 4.18. The SMILES string of the molecule is Cc1ccc(C(=O)[C@@H](C)Oc2cccc(N3C(=O)[C@@H]4[C@H]5CC[C@@H](C5)[C@@H]4C3=O)c2)cc1. The van der Waals surface area contributed by atoms with Crippen LogP contribution in [0.2, 0.25) is 0 Å². The van der Waals surface area contributed by atoms with E-state index in [0.717, 1.165) is 24.8 Å². The van der Waals surface area contributed by atoms with Crippen LogP contribution in [0.1, 0.15) is 42.1 Å². The molecule has 0 unspecified atom stereocenters. The number of hydrogen-bond acceptors (Lipinski definition) is 4. The summed E-state index contributed by atoms with van der Waals surface area (Å²) in [5.41, 5.74) is 2.22. The van der Waals surface area contributed by atoms with Crippen LogP contribution in [0.5, 0.6) is 5.75 Å². The highest BCUT2D eigenvalue weighted by atomic mass is 16.5. The number of nitrogens with zero attached hydrogens (tertiary/aromatic N) is 1. The van der Waals surface area contributed by atoms with Gasteiger partial charge in [0.1, 0.15) is 5.75 Å². The Labute approximate surface area is 176 Å². The van der Waals surface area contributed by atoms with Gasteiger partial charge in [-0.2, -0.15) is 0 Å². The molecule has 3 fully saturated rings. The minimum absolute atomic E-state index is 0.0712. The first kappa shape index (κ1) is 19.0. The quantitative estimate of drug-likeness (QED) is 0.555. The van der Waals surface area contributed by atoms with Crippen molar-refractivity contribution >= 4 is 23.3 Å². The van der Waals surface area contributed by atoms with E-state index < -0.39 is 6.10 Å². The molecule has 5 nitrogen and oxygen atoms in total. The van der Waals surface area contributed by atoms with Crippen molar-refractivity contribution < 1.29 is 19.1 Å². The lowest BCUT2D eigenvalue weighted by atomic mass is 9.81. The number of Topliss-reactive ketones (excluding diaryl/α,β-unsaturated/α-hetero) is 1. The maximum absolute atomic E-state index is 13.1. The summed E-state index contributed by atoms with van der Waals surface area (Å²) in [7, 11) is 0. The molecule has 0 aromatic heterocycles. The number of imide groups is 1. The first-order valence-corrected chi connectivity index (χ1v) is 10.7. The fourth-order valence-electron chi connectivity index (χ4n) is 5.57. The second-order valence-corrected chi connectivity index (χ2v) is 8.88. The molecule has 30 heavy (non-hydrogen) atoms. The number of rotatable bonds is 5. The van der Waals surface area contributed by atoms with E-state index in [-0.39, 0.29) is 29.4 Å². The highest BCUT2D eigenvalue weighted by molar-refractivity contribution is 6.22. The second kappa shape index (κ2) is 7.08. The third kappa shape index (κ3) is 2.95. The van der Waals surface area contributed by atoms with E-state index in [1.54, 1.807) is 43.3 Å². The molecule has 5 atom stereocenters. The van der Waals surface area contributed by atoms with Gasteiger partial charge in [0.05, 0.1) is 17.5 Å². The standard InChI is InChI=1S/C25H25NO4/c1-14-6-8-16(9-7-14)23(27)15(2)30-20-5-3-4-19(13-20)26-24(28)21-17-10-11-18(12-17)22(21)25(26)29/h3-9,13,15,17-18,21-22H,10-12H2,1-2H3/t15-,17+,18+,21-,22+/m1/s1. The number of ether oxygens (including phenoxy) is 1. The van der Waals surface area contributed by atoms with Crippen LogP contribution in [0.25, 0.3) is 0 Å². The molecule has 2 saturated carbocycles. The number of aryl methyl sites for hydroxylation is 1. The van der Waals surface area contributed by atoms with Crippen molar-refractivity contribution in [2.45, 2.75) is 39.2 Å². The average molecular weight is 403 g/mol. The van der Waals surface area contributed by atoms with Crippen LogP contribution >= 0.6 is 0 Å². The van der Waals surface area contributed by atoms with Gasteiger partial charge in [-0.05, 0) is 57.1 Å². The molecule has 2 bridgehead atoms. The van der Waals surface area contributed by atoms with Gasteiger partial charge >= 0.3 is 0 Å². The fraction of sp³-hybridized carbons (Fsp3) is 0.400. The van der Waals surface area contributed by atoms with E-state index in [0.29, 0.717) is 28.8 Å². The lowest BCUT2D eigenvalue weighted by Crippen LogP contribution is -2.32. The van der Waals surface area contributed by atoms with Crippen LogP contribution in [-0.2, 0) is 9.59 Å². The van der Waals surface area contributed by atoms with E-state index in [1.807, 2.05) is 19.1 Å². The van der Waals surface area contributed by atoms with Crippen molar-refractivity contribution in [1.29, 1.82) is 0 Å². The molecule has 1 heterocycles. The maximum Gasteiger partial charge on any atom is 0.237 e. The fourth-order valence-corrected chi connectivity index (χ4v) is 5.57. The Kier molecular flexibility index (Phi) is 4.49. The zero-order valence-corrected chi connectivity index (χ0v) is 17.2. The molecule has 2 aromatic rings. The Morgan fingerprint density at radius 3 is 2.27 bits per heavy atom. The zero-order chi connectivity index (χ0) is 21.0. The van der Waals surface area contributed by atoms with Crippen LogP contribution in [0.15, 0.2) is 48.5 Å². The normalized spacial score (nSPS) is 28.0. The molecule has 0 radical (unpaired) electrons. The van der Waals surface area contributed by atoms with Crippen molar-refractivity contribution in [3.63, 3.8) is 0 Å². The van der Waals surface area contributed by atoms with Crippen LogP contribution in [0, 0.1) is 30.6 Å². The van der Waals surface area contributed by atoms with Gasteiger partial charge in [-0.15, -0.1) is 0 Å². The van der Waals surface area contributed by atoms with E-state index in [2.05, 4.69) is 0 Å². The summed E-state index contributed by atoms with van der Waals surface area (Å²) in [5.74, 6) is 0.629. The van der Waals surface area contributed by atoms with Crippen molar-refractivity contribution in [1.82, 2.24) is 0 Å². The topological polar surface area (TPSA) is 63.7 Å². The summed E-state index contributed by atoms with van der Waals surface area (Å²) in [6.45, 7) is 3.68. The van der Waals surface area contributed by atoms with Crippen molar-refractivity contribution in [3.8, 4) is 5.75 Å². The van der Waals surface area contributed by atoms with Crippen molar-refractivity contribution in [3.05, 3.63) is 59.7 Å². The zero-order valence-electron chi connectivity index (χ0n) is 17.2. The molecule has 0 N–H and O–H groups in total. The summed E-state index contributed by atoms with van der Waals surface area (Å²) in [4.78, 5) is 40.1. The van der Waals surface area contributed by atoms with Crippen LogP contribution in [0.3, 0.4) is 0 Å². The molecule has 154 valence electrons. The van der Waals surface area contributed by atoms with Crippen LogP contribution in [0.4, 0.5) is 5.69 Å². The Bertz CT molecular complexity index is 1000. The summed E-state index contributed by atoms with van der Waals surface area (Å²) in [6.07, 6.45) is 2.45. The first-order chi connectivity index (χ1) is 14.4. The Morgan fingerprint density at radius 1 is 1.00 bits per heavy atom. The maximum atomic E-state index is 13.1. The number of fused-ring (bicyclic) bond motifs is 5. The van der Waals surface area contributed by atoms with E-state index in [1.165, 1.54) is 4.90 Å². The van der Waals surface area contributed by atoms with Crippen LogP contribution < -0.4 is 9.64 Å². The van der Waals surface area contributed by atoms with Gasteiger partial charge in [-0.3, -0.25) is 14.4 Å². The van der Waals surface area contributed by atoms with Crippen LogP contribution in [-0.4, -0.2) is 23.7 Å². The number of benzene rings is 2. The van der Waals surface area contributed by atoms with Gasteiger partial charge in [0, 0.05) is 11.6 Å². The second-order valence-electron chi connectivity index (χ2n) is 8.88. The van der Waals surface area contributed by atoms with Crippen molar-refractivity contribution in [2.75, 3.05) is 4.90 Å². The van der Waals surface area contributed by atoms with Gasteiger partial charge in [0.2, 0.25) is 17.6 Å². The number of hydrogen-bond donors (Lipinski definition) is 0. The summed E-state index contributed by atoms with van der Waals surface area (Å²) >= 11 is 0. The summed E-state index contributed by atoms with van der Waals surface area (Å²) in [6, 6.07) is 14.3. The molecular weight excluding hydrogens is 378 g/mol. The van der Waals surface area contributed by atoms with Gasteiger partial charge < -0.3 is 4.74 Å². The average Bonchev–Trinajstić information content (AvgIpc) is 3.42. The minimum atomic E-state index is -0.678. The molecule has 2 amide bonds. The lowest BCUT2D eigenvalue weighted by molar-refractivity contribution is -0.123. The molecular formula is C25H25NO4. The van der Waals surface area contributed by atoms with Gasteiger partial charge in [0.15, 0.2) is 6.10 Å². The smallest absolute Gasteiger partial charge is 0.237 e. The van der Waals surface area contributed by atoms with Gasteiger partial charge in [-0.1, -0.05) is 35.9 Å². The molecule has 1 aliphatic heterocycles. The van der Waals surface area contributed by atoms with Gasteiger partial charge in [0.25, 0.3) is 0 Å². The number of anilines is 1. The predicted molar refractivity (Wildman–Crippen MR) is 112 cm³/mol. The third-order valence-corrected chi connectivity index (χ3v) is 7.02. The monoisotopic (exact) mass is 403 g/mol. The van der Waals surface area contributed by atoms with E-state index >= 15 is 0 Å². The third-order valence-electron chi connectivity index (χ3n) is 7.02. The Hall–Kier alpha value is -2.95. The molecule has 5 rings (SSSR count). The number of carbonyl (C=O) groups excluding carboxylic acids is 3. The summed E-state index contributed by atoms with van der Waals surface area (Å²) in [5, 5.41) is 0. The summed E-state index contributed by atoms with van der Waals surface area (Å²) < 4.78 is 5.88. The molecule has 5 heteroatoms. The Balaban J connectivity index is 1.35. The minimum Gasteiger partial charge on any atom is -0.482 e. The number of amides is 2. The first-order valence-electron chi connectivity index (χ1n) is 10.7. The molecule has 2 aromatic carbocycles.